The lowest BCUT2D eigenvalue weighted by molar-refractivity contribution is -0.119. The molecule has 1 amide bonds. The number of amides is 1. The minimum absolute atomic E-state index is 0.0151. The number of nitrogens with zero attached hydrogens (tertiary/aromatic N) is 3. The van der Waals surface area contributed by atoms with Gasteiger partial charge in [-0.2, -0.15) is 0 Å². The fourth-order valence-electron chi connectivity index (χ4n) is 4.58. The van der Waals surface area contributed by atoms with Crippen molar-refractivity contribution in [3.8, 4) is 10.4 Å². The molecule has 180 valence electrons. The van der Waals surface area contributed by atoms with E-state index in [0.717, 1.165) is 56.1 Å². The molecule has 3 aromatic rings. The number of carbonyl (C=O) groups excluding carboxylic acids is 1. The van der Waals surface area contributed by atoms with Crippen LogP contribution in [0.15, 0.2) is 46.3 Å². The summed E-state index contributed by atoms with van der Waals surface area (Å²) in [6.07, 6.45) is 4.47. The molecule has 2 fully saturated rings. The first kappa shape index (κ1) is 23.5. The Balaban J connectivity index is 1.40. The number of rotatable bonds is 8. The Morgan fingerprint density at radius 2 is 1.91 bits per heavy atom. The monoisotopic (exact) mass is 498 g/mol. The van der Waals surface area contributed by atoms with Crippen LogP contribution >= 0.6 is 23.1 Å². The average Bonchev–Trinajstić information content (AvgIpc) is 3.54. The predicted molar refractivity (Wildman–Crippen MR) is 138 cm³/mol. The number of aromatic nitrogens is 2. The van der Waals surface area contributed by atoms with Crippen molar-refractivity contribution in [2.24, 2.45) is 0 Å². The van der Waals surface area contributed by atoms with Crippen LogP contribution in [0.25, 0.3) is 20.7 Å². The van der Waals surface area contributed by atoms with E-state index in [1.165, 1.54) is 35.9 Å². The maximum atomic E-state index is 13.6. The van der Waals surface area contributed by atoms with E-state index in [0.29, 0.717) is 21.9 Å². The van der Waals surface area contributed by atoms with Crippen molar-refractivity contribution < 1.29 is 9.53 Å². The lowest BCUT2D eigenvalue weighted by atomic mass is 10.2. The molecule has 0 spiro atoms. The van der Waals surface area contributed by atoms with E-state index in [1.807, 2.05) is 36.4 Å². The van der Waals surface area contributed by atoms with Gasteiger partial charge in [0.2, 0.25) is 5.91 Å². The summed E-state index contributed by atoms with van der Waals surface area (Å²) in [6.45, 7) is 4.49. The lowest BCUT2D eigenvalue weighted by Crippen LogP contribution is -2.39. The van der Waals surface area contributed by atoms with Crippen LogP contribution in [0.1, 0.15) is 25.7 Å². The fraction of sp³-hybridized carbons (Fsp3) is 0.480. The summed E-state index contributed by atoms with van der Waals surface area (Å²) in [5.74, 6) is 0.281. The van der Waals surface area contributed by atoms with Gasteiger partial charge in [-0.1, -0.05) is 54.9 Å². The van der Waals surface area contributed by atoms with E-state index in [9.17, 15) is 9.59 Å². The summed E-state index contributed by atoms with van der Waals surface area (Å²) in [4.78, 5) is 34.3. The topological polar surface area (TPSA) is 76.5 Å². The van der Waals surface area contributed by atoms with Crippen molar-refractivity contribution in [3.63, 3.8) is 0 Å². The quantitative estimate of drug-likeness (QED) is 0.378. The Kier molecular flexibility index (Phi) is 7.63. The van der Waals surface area contributed by atoms with E-state index in [1.54, 1.807) is 4.57 Å². The van der Waals surface area contributed by atoms with Gasteiger partial charge in [0, 0.05) is 37.1 Å². The maximum Gasteiger partial charge on any atom is 0.272 e. The molecule has 0 bridgehead atoms. The van der Waals surface area contributed by atoms with Crippen molar-refractivity contribution in [2.75, 3.05) is 38.6 Å². The van der Waals surface area contributed by atoms with Gasteiger partial charge >= 0.3 is 0 Å². The van der Waals surface area contributed by atoms with Gasteiger partial charge in [0.25, 0.3) is 5.56 Å². The number of nitrogens with one attached hydrogen (secondary N) is 1. The molecule has 1 aliphatic carbocycles. The van der Waals surface area contributed by atoms with Crippen LogP contribution in [0.2, 0.25) is 0 Å². The minimum atomic E-state index is -0.0239. The molecule has 3 heterocycles. The molecule has 1 saturated carbocycles. The number of benzene rings is 1. The highest BCUT2D eigenvalue weighted by Crippen LogP contribution is 2.32. The normalized spacial score (nSPS) is 17.4. The largest absolute Gasteiger partial charge is 0.379 e. The van der Waals surface area contributed by atoms with Gasteiger partial charge in [-0.15, -0.1) is 11.3 Å². The number of carbonyl (C=O) groups is 1. The number of hydrogen-bond acceptors (Lipinski definition) is 7. The molecule has 1 saturated heterocycles. The molecular weight excluding hydrogens is 468 g/mol. The summed E-state index contributed by atoms with van der Waals surface area (Å²) in [7, 11) is 0. The van der Waals surface area contributed by atoms with Crippen LogP contribution in [0.4, 0.5) is 0 Å². The summed E-state index contributed by atoms with van der Waals surface area (Å²) in [5, 5.41) is 3.75. The summed E-state index contributed by atoms with van der Waals surface area (Å²) in [6, 6.07) is 12.4. The Hall–Kier alpha value is -2.20. The smallest absolute Gasteiger partial charge is 0.272 e. The minimum Gasteiger partial charge on any atom is -0.379 e. The van der Waals surface area contributed by atoms with Gasteiger partial charge in [0.05, 0.1) is 24.5 Å². The van der Waals surface area contributed by atoms with Crippen molar-refractivity contribution in [1.82, 2.24) is 19.8 Å². The van der Waals surface area contributed by atoms with Gasteiger partial charge in [0.15, 0.2) is 5.16 Å². The summed E-state index contributed by atoms with van der Waals surface area (Å²) >= 11 is 2.85. The van der Waals surface area contributed by atoms with Crippen LogP contribution in [0.3, 0.4) is 0 Å². The zero-order chi connectivity index (χ0) is 23.3. The fourth-order valence-corrected chi connectivity index (χ4v) is 6.47. The third-order valence-electron chi connectivity index (χ3n) is 6.45. The molecule has 34 heavy (non-hydrogen) atoms. The highest BCUT2D eigenvalue weighted by atomic mass is 32.2. The first-order chi connectivity index (χ1) is 16.7. The molecule has 1 aromatic carbocycles. The molecule has 5 rings (SSSR count). The van der Waals surface area contributed by atoms with Crippen molar-refractivity contribution in [2.45, 2.75) is 43.4 Å². The number of ether oxygens (including phenoxy) is 1. The first-order valence-corrected chi connectivity index (χ1v) is 13.8. The predicted octanol–water partition coefficient (Wildman–Crippen LogP) is 3.61. The third-order valence-corrected chi connectivity index (χ3v) is 8.59. The van der Waals surface area contributed by atoms with E-state index < -0.39 is 0 Å². The molecular formula is C25H30N4O3S2. The second-order valence-corrected chi connectivity index (χ2v) is 10.8. The number of thiophene rings is 1. The van der Waals surface area contributed by atoms with Crippen molar-refractivity contribution in [3.05, 3.63) is 46.8 Å². The molecule has 1 N–H and O–H groups in total. The Morgan fingerprint density at radius 3 is 2.68 bits per heavy atom. The molecule has 7 nitrogen and oxygen atoms in total. The Bertz CT molecular complexity index is 1180. The summed E-state index contributed by atoms with van der Waals surface area (Å²) in [5.41, 5.74) is 1.76. The number of fused-ring (bicyclic) bond motifs is 1. The van der Waals surface area contributed by atoms with Crippen LogP contribution in [-0.2, 0) is 16.1 Å². The van der Waals surface area contributed by atoms with Crippen LogP contribution in [0.5, 0.6) is 0 Å². The first-order valence-electron chi connectivity index (χ1n) is 12.0. The van der Waals surface area contributed by atoms with E-state index in [4.69, 9.17) is 9.72 Å². The Morgan fingerprint density at radius 1 is 1.15 bits per heavy atom. The number of thioether (sulfide) groups is 1. The van der Waals surface area contributed by atoms with E-state index in [-0.39, 0.29) is 23.3 Å². The standard InChI is InChI=1S/C25H30N4O3S2/c30-22(26-19-8-4-5-9-19)17-33-25-27-20-16-21(18-6-2-1-3-7-18)34-23(20)24(31)29(25)11-10-28-12-14-32-15-13-28/h1-3,6-7,16,19H,4-5,8-15,17H2,(H,26,30). The highest BCUT2D eigenvalue weighted by molar-refractivity contribution is 7.99. The van der Waals surface area contributed by atoms with Crippen molar-refractivity contribution in [1.29, 1.82) is 0 Å². The second kappa shape index (κ2) is 11.0. The van der Waals surface area contributed by atoms with Gasteiger partial charge < -0.3 is 10.1 Å². The highest BCUT2D eigenvalue weighted by Gasteiger charge is 2.20. The zero-order valence-corrected chi connectivity index (χ0v) is 20.8. The maximum absolute atomic E-state index is 13.6. The van der Waals surface area contributed by atoms with Gasteiger partial charge in [-0.25, -0.2) is 4.98 Å². The van der Waals surface area contributed by atoms with Gasteiger partial charge in [-0.05, 0) is 24.5 Å². The zero-order valence-electron chi connectivity index (χ0n) is 19.2. The third kappa shape index (κ3) is 5.54. The van der Waals surface area contributed by atoms with Gasteiger partial charge in [-0.3, -0.25) is 19.1 Å². The lowest BCUT2D eigenvalue weighted by Gasteiger charge is -2.27. The molecule has 2 aromatic heterocycles. The number of morpholine rings is 1. The number of hydrogen-bond donors (Lipinski definition) is 1. The average molecular weight is 499 g/mol. The molecule has 0 radical (unpaired) electrons. The van der Waals surface area contributed by atoms with Crippen LogP contribution < -0.4 is 10.9 Å². The van der Waals surface area contributed by atoms with Gasteiger partial charge in [0.1, 0.15) is 4.70 Å². The summed E-state index contributed by atoms with van der Waals surface area (Å²) < 4.78 is 7.88. The van der Waals surface area contributed by atoms with Crippen LogP contribution in [-0.4, -0.2) is 65.0 Å². The Labute approximate surface area is 207 Å². The second-order valence-electron chi connectivity index (χ2n) is 8.83. The molecule has 2 aliphatic rings. The van der Waals surface area contributed by atoms with E-state index in [2.05, 4.69) is 10.2 Å². The van der Waals surface area contributed by atoms with Crippen molar-refractivity contribution >= 4 is 39.2 Å². The van der Waals surface area contributed by atoms with E-state index >= 15 is 0 Å². The SMILES string of the molecule is O=C(CSc1nc2cc(-c3ccccc3)sc2c(=O)n1CCN1CCOCC1)NC1CCCC1. The van der Waals surface area contributed by atoms with Crippen LogP contribution in [0, 0.1) is 0 Å². The molecule has 0 unspecified atom stereocenters. The molecule has 0 atom stereocenters. The molecule has 9 heteroatoms. The molecule has 1 aliphatic heterocycles.